The molecule has 0 amide bonds. The molecule has 5 nitrogen and oxygen atoms in total. The highest BCUT2D eigenvalue weighted by Crippen LogP contribution is 2.22. The van der Waals surface area contributed by atoms with Crippen molar-refractivity contribution in [2.24, 2.45) is 4.99 Å². The molecule has 0 saturated carbocycles. The van der Waals surface area contributed by atoms with Crippen molar-refractivity contribution in [2.75, 3.05) is 7.11 Å². The molecular formula is C25H21NO4. The van der Waals surface area contributed by atoms with Gasteiger partial charge in [-0.1, -0.05) is 36.4 Å². The van der Waals surface area contributed by atoms with Crippen LogP contribution in [0.25, 0.3) is 6.08 Å². The first kappa shape index (κ1) is 19.5. The molecule has 4 rings (SSSR count). The predicted molar refractivity (Wildman–Crippen MR) is 116 cm³/mol. The summed E-state index contributed by atoms with van der Waals surface area (Å²) in [6.45, 7) is 2.57. The largest absolute Gasteiger partial charge is 0.497 e. The summed E-state index contributed by atoms with van der Waals surface area (Å²) in [7, 11) is 1.60. The molecular weight excluding hydrogens is 378 g/mol. The van der Waals surface area contributed by atoms with Crippen molar-refractivity contribution in [3.05, 3.63) is 101 Å². The molecule has 0 saturated heterocycles. The number of hydrogen-bond acceptors (Lipinski definition) is 5. The Morgan fingerprint density at radius 2 is 1.63 bits per heavy atom. The Labute approximate surface area is 175 Å². The van der Waals surface area contributed by atoms with Gasteiger partial charge in [0.2, 0.25) is 5.90 Å². The highest BCUT2D eigenvalue weighted by atomic mass is 16.6. The third-order valence-electron chi connectivity index (χ3n) is 4.80. The second kappa shape index (κ2) is 8.66. The van der Waals surface area contributed by atoms with Gasteiger partial charge in [-0.25, -0.2) is 9.79 Å². The number of aliphatic imine (C=N–C) groups is 1. The number of hydrogen-bond donors (Lipinski definition) is 0. The molecule has 0 spiro atoms. The normalized spacial score (nSPS) is 14.4. The summed E-state index contributed by atoms with van der Waals surface area (Å²) in [4.78, 5) is 16.5. The van der Waals surface area contributed by atoms with E-state index in [1.807, 2.05) is 36.4 Å². The highest BCUT2D eigenvalue weighted by Gasteiger charge is 2.24. The van der Waals surface area contributed by atoms with Crippen LogP contribution >= 0.6 is 0 Å². The molecule has 3 aromatic carbocycles. The van der Waals surface area contributed by atoms with Gasteiger partial charge in [-0.15, -0.1) is 0 Å². The van der Waals surface area contributed by atoms with Crippen molar-refractivity contribution in [3.8, 4) is 11.5 Å². The number of rotatable bonds is 6. The number of methoxy groups -OCH3 is 1. The maximum atomic E-state index is 12.2. The zero-order valence-electron chi connectivity index (χ0n) is 16.8. The Bertz CT molecular complexity index is 1110. The van der Waals surface area contributed by atoms with Gasteiger partial charge in [-0.05, 0) is 66.1 Å². The minimum Gasteiger partial charge on any atom is -0.497 e. The SMILES string of the molecule is COc1ccc(C2=N/C(=C\c3ccc(OCc4ccccc4C)cc3)C(=O)O2)cc1. The van der Waals surface area contributed by atoms with Gasteiger partial charge >= 0.3 is 5.97 Å². The fraction of sp³-hybridized carbons (Fsp3) is 0.120. The molecule has 1 aliphatic rings. The maximum absolute atomic E-state index is 12.2. The van der Waals surface area contributed by atoms with Crippen LogP contribution in [0.3, 0.4) is 0 Å². The quantitative estimate of drug-likeness (QED) is 0.436. The molecule has 3 aromatic rings. The van der Waals surface area contributed by atoms with Gasteiger partial charge in [0.05, 0.1) is 7.11 Å². The number of aryl methyl sites for hydroxylation is 1. The standard InChI is InChI=1S/C25H21NO4/c1-17-5-3-4-6-20(17)16-29-22-11-7-18(8-12-22)15-23-25(27)30-24(26-23)19-9-13-21(28-2)14-10-19/h3-15H,16H2,1-2H3/b23-15-. The summed E-state index contributed by atoms with van der Waals surface area (Å²) in [5.74, 6) is 1.30. The van der Waals surface area contributed by atoms with Crippen molar-refractivity contribution in [3.63, 3.8) is 0 Å². The molecule has 0 radical (unpaired) electrons. The molecule has 0 atom stereocenters. The Kier molecular flexibility index (Phi) is 5.61. The lowest BCUT2D eigenvalue weighted by molar-refractivity contribution is -0.129. The molecule has 1 aliphatic heterocycles. The van der Waals surface area contributed by atoms with Crippen LogP contribution in [-0.4, -0.2) is 19.0 Å². The van der Waals surface area contributed by atoms with Gasteiger partial charge in [0, 0.05) is 5.56 Å². The van der Waals surface area contributed by atoms with Gasteiger partial charge in [-0.2, -0.15) is 0 Å². The summed E-state index contributed by atoms with van der Waals surface area (Å²) in [6, 6.07) is 22.8. The van der Waals surface area contributed by atoms with E-state index in [1.54, 1.807) is 37.5 Å². The van der Waals surface area contributed by atoms with Gasteiger partial charge in [0.25, 0.3) is 0 Å². The molecule has 30 heavy (non-hydrogen) atoms. The number of esters is 1. The minimum atomic E-state index is -0.472. The monoisotopic (exact) mass is 399 g/mol. The summed E-state index contributed by atoms with van der Waals surface area (Å²) in [5, 5.41) is 0. The zero-order valence-corrected chi connectivity index (χ0v) is 16.8. The number of carbonyl (C=O) groups is 1. The molecule has 5 heteroatoms. The Hall–Kier alpha value is -3.86. The molecule has 0 N–H and O–H groups in total. The number of ether oxygens (including phenoxy) is 3. The van der Waals surface area contributed by atoms with Crippen LogP contribution in [0, 0.1) is 6.92 Å². The minimum absolute atomic E-state index is 0.259. The highest BCUT2D eigenvalue weighted by molar-refractivity contribution is 6.12. The average Bonchev–Trinajstić information content (AvgIpc) is 3.14. The Balaban J connectivity index is 1.45. The van der Waals surface area contributed by atoms with E-state index in [1.165, 1.54) is 5.56 Å². The summed E-state index contributed by atoms with van der Waals surface area (Å²) in [5.41, 5.74) is 4.16. The first-order chi connectivity index (χ1) is 14.6. The van der Waals surface area contributed by atoms with Gasteiger partial charge < -0.3 is 14.2 Å². The number of benzene rings is 3. The van der Waals surface area contributed by atoms with Crippen LogP contribution in [0.1, 0.15) is 22.3 Å². The smallest absolute Gasteiger partial charge is 0.363 e. The first-order valence-electron chi connectivity index (χ1n) is 9.57. The summed E-state index contributed by atoms with van der Waals surface area (Å²) in [6.07, 6.45) is 1.70. The van der Waals surface area contributed by atoms with Gasteiger partial charge in [-0.3, -0.25) is 0 Å². The summed E-state index contributed by atoms with van der Waals surface area (Å²) < 4.78 is 16.3. The average molecular weight is 399 g/mol. The van der Waals surface area contributed by atoms with Crippen molar-refractivity contribution in [2.45, 2.75) is 13.5 Å². The number of cyclic esters (lactones) is 1. The van der Waals surface area contributed by atoms with E-state index >= 15 is 0 Å². The maximum Gasteiger partial charge on any atom is 0.363 e. The second-order valence-corrected chi connectivity index (χ2v) is 6.85. The van der Waals surface area contributed by atoms with E-state index < -0.39 is 5.97 Å². The van der Waals surface area contributed by atoms with Crippen LogP contribution in [-0.2, 0) is 16.1 Å². The predicted octanol–water partition coefficient (Wildman–Crippen LogP) is 4.93. The van der Waals surface area contributed by atoms with Crippen LogP contribution in [0.2, 0.25) is 0 Å². The first-order valence-corrected chi connectivity index (χ1v) is 9.57. The van der Waals surface area contributed by atoms with E-state index in [0.717, 1.165) is 22.6 Å². The Morgan fingerprint density at radius 1 is 0.933 bits per heavy atom. The van der Waals surface area contributed by atoms with Crippen LogP contribution in [0.15, 0.2) is 83.5 Å². The van der Waals surface area contributed by atoms with Crippen molar-refractivity contribution >= 4 is 17.9 Å². The van der Waals surface area contributed by atoms with Crippen molar-refractivity contribution in [1.82, 2.24) is 0 Å². The van der Waals surface area contributed by atoms with Crippen molar-refractivity contribution in [1.29, 1.82) is 0 Å². The van der Waals surface area contributed by atoms with Crippen molar-refractivity contribution < 1.29 is 19.0 Å². The fourth-order valence-electron chi connectivity index (χ4n) is 3.02. The number of nitrogens with zero attached hydrogens (tertiary/aromatic N) is 1. The molecule has 0 bridgehead atoms. The van der Waals surface area contributed by atoms with E-state index in [2.05, 4.69) is 24.0 Å². The third kappa shape index (κ3) is 4.41. The summed E-state index contributed by atoms with van der Waals surface area (Å²) >= 11 is 0. The van der Waals surface area contributed by atoms with Gasteiger partial charge in [0.1, 0.15) is 18.1 Å². The molecule has 0 aromatic heterocycles. The zero-order chi connectivity index (χ0) is 20.9. The molecule has 0 fully saturated rings. The topological polar surface area (TPSA) is 57.1 Å². The lowest BCUT2D eigenvalue weighted by atomic mass is 10.1. The van der Waals surface area contributed by atoms with E-state index in [9.17, 15) is 4.79 Å². The second-order valence-electron chi connectivity index (χ2n) is 6.85. The fourth-order valence-corrected chi connectivity index (χ4v) is 3.02. The van der Waals surface area contributed by atoms with E-state index in [4.69, 9.17) is 14.2 Å². The molecule has 150 valence electrons. The third-order valence-corrected chi connectivity index (χ3v) is 4.80. The van der Waals surface area contributed by atoms with Crippen LogP contribution < -0.4 is 9.47 Å². The van der Waals surface area contributed by atoms with Crippen LogP contribution in [0.5, 0.6) is 11.5 Å². The van der Waals surface area contributed by atoms with Crippen LogP contribution in [0.4, 0.5) is 0 Å². The van der Waals surface area contributed by atoms with E-state index in [-0.39, 0.29) is 11.6 Å². The Morgan fingerprint density at radius 3 is 2.33 bits per heavy atom. The lowest BCUT2D eigenvalue weighted by Crippen LogP contribution is -2.05. The molecule has 0 unspecified atom stereocenters. The number of carbonyl (C=O) groups excluding carboxylic acids is 1. The lowest BCUT2D eigenvalue weighted by Gasteiger charge is -2.08. The van der Waals surface area contributed by atoms with Gasteiger partial charge in [0.15, 0.2) is 5.70 Å². The molecule has 0 aliphatic carbocycles. The molecule has 1 heterocycles. The van der Waals surface area contributed by atoms with E-state index in [0.29, 0.717) is 12.2 Å².